The van der Waals surface area contributed by atoms with E-state index >= 15 is 0 Å². The maximum absolute atomic E-state index is 13.8. The summed E-state index contributed by atoms with van der Waals surface area (Å²) in [6.07, 6.45) is 4.99. The quantitative estimate of drug-likeness (QED) is 0.677. The van der Waals surface area contributed by atoms with Crippen molar-refractivity contribution in [3.8, 4) is 0 Å². The number of rotatable bonds is 3. The molecule has 2 amide bonds. The van der Waals surface area contributed by atoms with Crippen LogP contribution < -0.4 is 0 Å². The first-order valence-corrected chi connectivity index (χ1v) is 12.0. The molecule has 4 unspecified atom stereocenters. The van der Waals surface area contributed by atoms with Crippen LogP contribution in [0, 0.1) is 5.92 Å². The average Bonchev–Trinajstić information content (AvgIpc) is 3.24. The minimum absolute atomic E-state index is 0.0131. The standard InChI is InChI=1S/C26H29ClN2O3/c27-21-12-10-18(11-13-21)24-17-28(14-15-32-24)26(31)23-16-20-8-4-5-9-22(20)29(23)25(30)19-6-2-1-3-7-19/h1-3,6-7,10-13,20,22-24H,4-5,8-9,14-17H2. The Morgan fingerprint density at radius 3 is 2.50 bits per heavy atom. The van der Waals surface area contributed by atoms with Gasteiger partial charge < -0.3 is 14.5 Å². The third kappa shape index (κ3) is 4.16. The number of amides is 2. The predicted octanol–water partition coefficient (Wildman–Crippen LogP) is 4.71. The van der Waals surface area contributed by atoms with Crippen LogP contribution in [0.3, 0.4) is 0 Å². The fraction of sp³-hybridized carbons (Fsp3) is 0.462. The third-order valence-electron chi connectivity index (χ3n) is 7.25. The summed E-state index contributed by atoms with van der Waals surface area (Å²) in [4.78, 5) is 31.1. The monoisotopic (exact) mass is 452 g/mol. The van der Waals surface area contributed by atoms with E-state index in [-0.39, 0.29) is 30.0 Å². The SMILES string of the molecule is O=C(C1CC2CCCCC2N1C(=O)c1ccccc1)N1CCOC(c2ccc(Cl)cc2)C1. The van der Waals surface area contributed by atoms with E-state index in [1.165, 1.54) is 6.42 Å². The molecular weight excluding hydrogens is 424 g/mol. The molecule has 0 bridgehead atoms. The van der Waals surface area contributed by atoms with Gasteiger partial charge in [0, 0.05) is 23.2 Å². The lowest BCUT2D eigenvalue weighted by atomic mass is 9.84. The van der Waals surface area contributed by atoms with Gasteiger partial charge in [0.25, 0.3) is 5.91 Å². The van der Waals surface area contributed by atoms with Crippen molar-refractivity contribution >= 4 is 23.4 Å². The molecule has 5 rings (SSSR count). The molecule has 0 aromatic heterocycles. The highest BCUT2D eigenvalue weighted by Crippen LogP contribution is 2.41. The fourth-order valence-corrected chi connectivity index (χ4v) is 5.77. The molecule has 6 heteroatoms. The molecule has 3 aliphatic rings. The van der Waals surface area contributed by atoms with E-state index in [9.17, 15) is 9.59 Å². The number of fused-ring (bicyclic) bond motifs is 1. The molecule has 0 N–H and O–H groups in total. The number of carbonyl (C=O) groups is 2. The van der Waals surface area contributed by atoms with Crippen molar-refractivity contribution in [3.05, 3.63) is 70.7 Å². The van der Waals surface area contributed by atoms with E-state index in [0.29, 0.717) is 36.2 Å². The van der Waals surface area contributed by atoms with Gasteiger partial charge >= 0.3 is 0 Å². The number of hydrogen-bond acceptors (Lipinski definition) is 3. The first-order chi connectivity index (χ1) is 15.6. The van der Waals surface area contributed by atoms with Crippen LogP contribution in [0.25, 0.3) is 0 Å². The summed E-state index contributed by atoms with van der Waals surface area (Å²) < 4.78 is 5.97. The molecule has 5 nitrogen and oxygen atoms in total. The molecule has 2 heterocycles. The molecule has 1 aliphatic carbocycles. The Kier molecular flexibility index (Phi) is 6.20. The maximum Gasteiger partial charge on any atom is 0.254 e. The largest absolute Gasteiger partial charge is 0.370 e. The number of hydrogen-bond donors (Lipinski definition) is 0. The van der Waals surface area contributed by atoms with Crippen LogP contribution in [-0.4, -0.2) is 53.4 Å². The number of benzene rings is 2. The zero-order valence-corrected chi connectivity index (χ0v) is 18.9. The Bertz CT molecular complexity index is 965. The van der Waals surface area contributed by atoms with Gasteiger partial charge in [0.1, 0.15) is 12.1 Å². The van der Waals surface area contributed by atoms with Gasteiger partial charge in [-0.05, 0) is 55.0 Å². The molecule has 3 fully saturated rings. The minimum atomic E-state index is -0.389. The molecule has 2 aromatic rings. The molecule has 1 saturated carbocycles. The van der Waals surface area contributed by atoms with Crippen LogP contribution in [0.4, 0.5) is 0 Å². The summed E-state index contributed by atoms with van der Waals surface area (Å²) in [5.74, 6) is 0.463. The Morgan fingerprint density at radius 2 is 1.72 bits per heavy atom. The van der Waals surface area contributed by atoms with E-state index in [4.69, 9.17) is 16.3 Å². The first-order valence-electron chi connectivity index (χ1n) is 11.7. The topological polar surface area (TPSA) is 49.9 Å². The third-order valence-corrected chi connectivity index (χ3v) is 7.50. The van der Waals surface area contributed by atoms with E-state index in [0.717, 1.165) is 31.2 Å². The Balaban J connectivity index is 1.38. The summed E-state index contributed by atoms with van der Waals surface area (Å²) in [7, 11) is 0. The van der Waals surface area contributed by atoms with E-state index in [2.05, 4.69) is 0 Å². The number of likely N-dealkylation sites (tertiary alicyclic amines) is 1. The summed E-state index contributed by atoms with van der Waals surface area (Å²) in [5, 5.41) is 0.682. The molecule has 0 spiro atoms. The minimum Gasteiger partial charge on any atom is -0.370 e. The zero-order valence-electron chi connectivity index (χ0n) is 18.2. The Labute approximate surface area is 194 Å². The second-order valence-electron chi connectivity index (χ2n) is 9.14. The van der Waals surface area contributed by atoms with Crippen LogP contribution in [0.5, 0.6) is 0 Å². The van der Waals surface area contributed by atoms with Crippen LogP contribution in [0.1, 0.15) is 54.1 Å². The van der Waals surface area contributed by atoms with Crippen molar-refractivity contribution in [1.29, 1.82) is 0 Å². The smallest absolute Gasteiger partial charge is 0.254 e. The second-order valence-corrected chi connectivity index (χ2v) is 9.57. The Morgan fingerprint density at radius 1 is 0.969 bits per heavy atom. The number of ether oxygens (including phenoxy) is 1. The second kappa shape index (κ2) is 9.24. The highest BCUT2D eigenvalue weighted by atomic mass is 35.5. The van der Waals surface area contributed by atoms with Crippen molar-refractivity contribution in [2.45, 2.75) is 50.3 Å². The van der Waals surface area contributed by atoms with Gasteiger partial charge in [-0.15, -0.1) is 0 Å². The fourth-order valence-electron chi connectivity index (χ4n) is 5.64. The molecular formula is C26H29ClN2O3. The summed E-state index contributed by atoms with van der Waals surface area (Å²) in [5.41, 5.74) is 1.68. The van der Waals surface area contributed by atoms with Crippen LogP contribution in [0.15, 0.2) is 54.6 Å². The lowest BCUT2D eigenvalue weighted by Crippen LogP contribution is -2.53. The number of carbonyl (C=O) groups excluding carboxylic acids is 2. The van der Waals surface area contributed by atoms with Crippen molar-refractivity contribution < 1.29 is 14.3 Å². The highest BCUT2D eigenvalue weighted by molar-refractivity contribution is 6.30. The zero-order chi connectivity index (χ0) is 22.1. The molecule has 4 atom stereocenters. The van der Waals surface area contributed by atoms with Gasteiger partial charge in [0.05, 0.1) is 13.2 Å². The van der Waals surface area contributed by atoms with Gasteiger partial charge in [0.2, 0.25) is 5.91 Å². The molecule has 0 radical (unpaired) electrons. The summed E-state index contributed by atoms with van der Waals surface area (Å²) in [6.45, 7) is 1.55. The summed E-state index contributed by atoms with van der Waals surface area (Å²) >= 11 is 6.03. The van der Waals surface area contributed by atoms with Crippen molar-refractivity contribution in [1.82, 2.24) is 9.80 Å². The van der Waals surface area contributed by atoms with Crippen molar-refractivity contribution in [3.63, 3.8) is 0 Å². The van der Waals surface area contributed by atoms with Gasteiger partial charge in [-0.1, -0.05) is 54.8 Å². The van der Waals surface area contributed by atoms with E-state index in [1.807, 2.05) is 64.4 Å². The lowest BCUT2D eigenvalue weighted by molar-refractivity contribution is -0.143. The average molecular weight is 453 g/mol. The van der Waals surface area contributed by atoms with E-state index < -0.39 is 0 Å². The highest BCUT2D eigenvalue weighted by Gasteiger charge is 2.49. The van der Waals surface area contributed by atoms with Gasteiger partial charge in [-0.25, -0.2) is 0 Å². The van der Waals surface area contributed by atoms with Crippen LogP contribution in [0.2, 0.25) is 5.02 Å². The van der Waals surface area contributed by atoms with Crippen LogP contribution in [-0.2, 0) is 9.53 Å². The Hall–Kier alpha value is -2.37. The van der Waals surface area contributed by atoms with Gasteiger partial charge in [0.15, 0.2) is 0 Å². The predicted molar refractivity (Wildman–Crippen MR) is 123 cm³/mol. The number of nitrogens with zero attached hydrogens (tertiary/aromatic N) is 2. The van der Waals surface area contributed by atoms with Crippen molar-refractivity contribution in [2.24, 2.45) is 5.92 Å². The molecule has 32 heavy (non-hydrogen) atoms. The molecule has 2 aliphatic heterocycles. The normalized spacial score (nSPS) is 27.8. The summed E-state index contributed by atoms with van der Waals surface area (Å²) in [6, 6.07) is 16.8. The lowest BCUT2D eigenvalue weighted by Gasteiger charge is -2.38. The van der Waals surface area contributed by atoms with E-state index in [1.54, 1.807) is 0 Å². The number of halogens is 1. The first kappa shape index (κ1) is 21.5. The molecule has 2 saturated heterocycles. The molecule has 2 aromatic carbocycles. The maximum atomic E-state index is 13.8. The number of morpholine rings is 1. The van der Waals surface area contributed by atoms with Gasteiger partial charge in [-0.3, -0.25) is 9.59 Å². The van der Waals surface area contributed by atoms with Crippen molar-refractivity contribution in [2.75, 3.05) is 19.7 Å². The van der Waals surface area contributed by atoms with Crippen LogP contribution >= 0.6 is 11.6 Å². The molecule has 168 valence electrons. The van der Waals surface area contributed by atoms with Gasteiger partial charge in [-0.2, -0.15) is 0 Å².